The van der Waals surface area contributed by atoms with Crippen LogP contribution >= 0.6 is 0 Å². The fourth-order valence-electron chi connectivity index (χ4n) is 1.08. The second-order valence-corrected chi connectivity index (χ2v) is 3.26. The Labute approximate surface area is 90.0 Å². The molecule has 1 atom stereocenters. The molecular weight excluding hydrogens is 188 g/mol. The van der Waals surface area contributed by atoms with Crippen LogP contribution in [0.2, 0.25) is 0 Å². The van der Waals surface area contributed by atoms with E-state index in [1.807, 2.05) is 47.2 Å². The van der Waals surface area contributed by atoms with Gasteiger partial charge in [-0.1, -0.05) is 36.4 Å². The SMILES string of the molecule is CC(O)Cn1ccnc1.c1ccccc1. The lowest BCUT2D eigenvalue weighted by molar-refractivity contribution is 0.173. The van der Waals surface area contributed by atoms with E-state index in [0.717, 1.165) is 0 Å². The fourth-order valence-corrected chi connectivity index (χ4v) is 1.08. The first-order valence-electron chi connectivity index (χ1n) is 4.93. The smallest absolute Gasteiger partial charge is 0.0946 e. The van der Waals surface area contributed by atoms with E-state index in [9.17, 15) is 0 Å². The van der Waals surface area contributed by atoms with Gasteiger partial charge in [0.1, 0.15) is 0 Å². The van der Waals surface area contributed by atoms with Crippen LogP contribution in [0.25, 0.3) is 0 Å². The van der Waals surface area contributed by atoms with Crippen LogP contribution in [0, 0.1) is 0 Å². The Hall–Kier alpha value is -1.61. The minimum Gasteiger partial charge on any atom is -0.392 e. The Bertz CT molecular complexity index is 303. The minimum atomic E-state index is -0.292. The molecule has 0 aliphatic heterocycles. The standard InChI is InChI=1S/C6H10N2O.C6H6/c1-6(9)4-8-3-2-7-5-8;1-2-4-6-5-3-1/h2-3,5-6,9H,4H2,1H3;1-6H. The summed E-state index contributed by atoms with van der Waals surface area (Å²) in [6, 6.07) is 12.0. The molecule has 0 spiro atoms. The molecule has 0 aliphatic rings. The zero-order valence-electron chi connectivity index (χ0n) is 8.82. The summed E-state index contributed by atoms with van der Waals surface area (Å²) < 4.78 is 1.84. The number of rotatable bonds is 2. The molecule has 1 N–H and O–H groups in total. The van der Waals surface area contributed by atoms with Gasteiger partial charge in [0.05, 0.1) is 12.4 Å². The van der Waals surface area contributed by atoms with Crippen LogP contribution in [0.5, 0.6) is 0 Å². The third kappa shape index (κ3) is 5.65. The summed E-state index contributed by atoms with van der Waals surface area (Å²) in [6.45, 7) is 2.38. The van der Waals surface area contributed by atoms with Crippen LogP contribution in [0.15, 0.2) is 55.1 Å². The van der Waals surface area contributed by atoms with Crippen LogP contribution in [0.3, 0.4) is 0 Å². The Balaban J connectivity index is 0.000000162. The summed E-state index contributed by atoms with van der Waals surface area (Å²) in [6.07, 6.45) is 4.92. The van der Waals surface area contributed by atoms with Gasteiger partial charge >= 0.3 is 0 Å². The van der Waals surface area contributed by atoms with E-state index in [4.69, 9.17) is 5.11 Å². The monoisotopic (exact) mass is 204 g/mol. The zero-order valence-corrected chi connectivity index (χ0v) is 8.82. The summed E-state index contributed by atoms with van der Waals surface area (Å²) in [4.78, 5) is 3.83. The maximum Gasteiger partial charge on any atom is 0.0946 e. The van der Waals surface area contributed by atoms with E-state index >= 15 is 0 Å². The van der Waals surface area contributed by atoms with E-state index in [-0.39, 0.29) is 6.10 Å². The topological polar surface area (TPSA) is 38.0 Å². The quantitative estimate of drug-likeness (QED) is 0.812. The number of imidazole rings is 1. The molecule has 0 aliphatic carbocycles. The molecule has 0 saturated carbocycles. The van der Waals surface area contributed by atoms with E-state index in [1.165, 1.54) is 0 Å². The van der Waals surface area contributed by atoms with Crippen molar-refractivity contribution in [3.63, 3.8) is 0 Å². The van der Waals surface area contributed by atoms with Gasteiger partial charge in [-0.15, -0.1) is 0 Å². The number of nitrogens with zero attached hydrogens (tertiary/aromatic N) is 2. The number of aromatic nitrogens is 2. The van der Waals surface area contributed by atoms with Crippen molar-refractivity contribution in [2.24, 2.45) is 0 Å². The van der Waals surface area contributed by atoms with Crippen molar-refractivity contribution in [1.82, 2.24) is 9.55 Å². The molecule has 80 valence electrons. The van der Waals surface area contributed by atoms with E-state index < -0.39 is 0 Å². The first-order valence-corrected chi connectivity index (χ1v) is 4.93. The Kier molecular flexibility index (Phi) is 5.19. The number of benzene rings is 1. The van der Waals surface area contributed by atoms with Crippen molar-refractivity contribution in [2.75, 3.05) is 0 Å². The van der Waals surface area contributed by atoms with Gasteiger partial charge in [0.25, 0.3) is 0 Å². The van der Waals surface area contributed by atoms with Crippen LogP contribution in [0.1, 0.15) is 6.92 Å². The van der Waals surface area contributed by atoms with Crippen LogP contribution in [-0.4, -0.2) is 20.8 Å². The largest absolute Gasteiger partial charge is 0.392 e. The van der Waals surface area contributed by atoms with Gasteiger partial charge in [0.15, 0.2) is 0 Å². The highest BCUT2D eigenvalue weighted by atomic mass is 16.3. The summed E-state index contributed by atoms with van der Waals surface area (Å²) in [7, 11) is 0. The average Bonchev–Trinajstić information content (AvgIpc) is 2.73. The molecular formula is C12H16N2O. The normalized spacial score (nSPS) is 11.3. The first-order chi connectivity index (χ1) is 7.29. The number of hydrogen-bond donors (Lipinski definition) is 1. The van der Waals surface area contributed by atoms with Gasteiger partial charge < -0.3 is 9.67 Å². The second-order valence-electron chi connectivity index (χ2n) is 3.26. The van der Waals surface area contributed by atoms with Crippen molar-refractivity contribution in [3.8, 4) is 0 Å². The lowest BCUT2D eigenvalue weighted by Crippen LogP contribution is -2.09. The molecule has 2 aromatic rings. The highest BCUT2D eigenvalue weighted by molar-refractivity contribution is 4.99. The molecule has 3 heteroatoms. The number of hydrogen-bond acceptors (Lipinski definition) is 2. The van der Waals surface area contributed by atoms with Crippen molar-refractivity contribution >= 4 is 0 Å². The molecule has 2 rings (SSSR count). The summed E-state index contributed by atoms with van der Waals surface area (Å²) in [5, 5.41) is 8.88. The molecule has 1 aromatic carbocycles. The van der Waals surface area contributed by atoms with Crippen LogP contribution in [-0.2, 0) is 6.54 Å². The van der Waals surface area contributed by atoms with Gasteiger partial charge in [-0.25, -0.2) is 4.98 Å². The van der Waals surface area contributed by atoms with Gasteiger partial charge in [-0.2, -0.15) is 0 Å². The molecule has 0 fully saturated rings. The number of aliphatic hydroxyl groups excluding tert-OH is 1. The predicted octanol–water partition coefficient (Wildman–Crippen LogP) is 1.95. The maximum atomic E-state index is 8.88. The van der Waals surface area contributed by atoms with E-state index in [1.54, 1.807) is 19.4 Å². The number of aliphatic hydroxyl groups is 1. The highest BCUT2D eigenvalue weighted by Gasteiger charge is 1.94. The molecule has 15 heavy (non-hydrogen) atoms. The highest BCUT2D eigenvalue weighted by Crippen LogP contribution is 1.89. The van der Waals surface area contributed by atoms with Crippen LogP contribution in [0.4, 0.5) is 0 Å². The Morgan fingerprint density at radius 2 is 1.67 bits per heavy atom. The average molecular weight is 204 g/mol. The minimum absolute atomic E-state index is 0.292. The van der Waals surface area contributed by atoms with Gasteiger partial charge in [-0.05, 0) is 6.92 Å². The summed E-state index contributed by atoms with van der Waals surface area (Å²) in [5.41, 5.74) is 0. The van der Waals surface area contributed by atoms with Crippen LogP contribution < -0.4 is 0 Å². The van der Waals surface area contributed by atoms with Crippen molar-refractivity contribution in [2.45, 2.75) is 19.6 Å². The Morgan fingerprint density at radius 3 is 2.00 bits per heavy atom. The molecule has 1 aromatic heterocycles. The van der Waals surface area contributed by atoms with Gasteiger partial charge in [0, 0.05) is 18.9 Å². The third-order valence-electron chi connectivity index (χ3n) is 1.70. The summed E-state index contributed by atoms with van der Waals surface area (Å²) >= 11 is 0. The van der Waals surface area contributed by atoms with E-state index in [2.05, 4.69) is 4.98 Å². The molecule has 0 amide bonds. The fraction of sp³-hybridized carbons (Fsp3) is 0.250. The molecule has 3 nitrogen and oxygen atoms in total. The van der Waals surface area contributed by atoms with Crippen molar-refractivity contribution in [3.05, 3.63) is 55.1 Å². The maximum absolute atomic E-state index is 8.88. The first kappa shape index (κ1) is 11.5. The third-order valence-corrected chi connectivity index (χ3v) is 1.70. The predicted molar refractivity (Wildman–Crippen MR) is 60.3 cm³/mol. The lowest BCUT2D eigenvalue weighted by atomic mass is 10.4. The van der Waals surface area contributed by atoms with Crippen molar-refractivity contribution in [1.29, 1.82) is 0 Å². The molecule has 0 radical (unpaired) electrons. The molecule has 1 unspecified atom stereocenters. The lowest BCUT2D eigenvalue weighted by Gasteiger charge is -2.02. The van der Waals surface area contributed by atoms with E-state index in [0.29, 0.717) is 6.54 Å². The summed E-state index contributed by atoms with van der Waals surface area (Å²) in [5.74, 6) is 0. The van der Waals surface area contributed by atoms with Gasteiger partial charge in [0.2, 0.25) is 0 Å². The zero-order chi connectivity index (χ0) is 10.9. The molecule has 0 bridgehead atoms. The second kappa shape index (κ2) is 6.79. The molecule has 0 saturated heterocycles. The molecule has 1 heterocycles. The van der Waals surface area contributed by atoms with Crippen molar-refractivity contribution < 1.29 is 5.11 Å². The van der Waals surface area contributed by atoms with Gasteiger partial charge in [-0.3, -0.25) is 0 Å². The Morgan fingerprint density at radius 1 is 1.13 bits per heavy atom.